The molecule has 1 aliphatic heterocycles. The van der Waals surface area contributed by atoms with Gasteiger partial charge >= 0.3 is 6.18 Å². The normalized spacial score (nSPS) is 20.6. The van der Waals surface area contributed by atoms with Crippen molar-refractivity contribution < 1.29 is 13.2 Å². The highest BCUT2D eigenvalue weighted by atomic mass is 35.5. The predicted octanol–water partition coefficient (Wildman–Crippen LogP) is 3.20. The zero-order valence-electron chi connectivity index (χ0n) is 8.55. The molecule has 0 saturated carbocycles. The van der Waals surface area contributed by atoms with Crippen LogP contribution in [0.1, 0.15) is 23.5 Å². The van der Waals surface area contributed by atoms with Crippen LogP contribution in [0, 0.1) is 0 Å². The van der Waals surface area contributed by atoms with E-state index in [1.165, 1.54) is 12.1 Å². The third kappa shape index (κ3) is 2.89. The summed E-state index contributed by atoms with van der Waals surface area (Å²) in [5, 5.41) is 3.15. The van der Waals surface area contributed by atoms with Gasteiger partial charge in [-0.3, -0.25) is 0 Å². The Morgan fingerprint density at radius 2 is 2.00 bits per heavy atom. The SMILES string of the molecule is Cl.FC(F)(F)c1cccc(C2CCNC2)c1. The summed E-state index contributed by atoms with van der Waals surface area (Å²) in [6.07, 6.45) is -3.32. The molecule has 1 heterocycles. The van der Waals surface area contributed by atoms with Gasteiger partial charge in [0.1, 0.15) is 0 Å². The Balaban J connectivity index is 0.00000128. The van der Waals surface area contributed by atoms with Crippen molar-refractivity contribution in [3.8, 4) is 0 Å². The van der Waals surface area contributed by atoms with Crippen LogP contribution in [-0.4, -0.2) is 13.1 Å². The van der Waals surface area contributed by atoms with E-state index in [9.17, 15) is 13.2 Å². The number of alkyl halides is 3. The van der Waals surface area contributed by atoms with Gasteiger partial charge in [0.15, 0.2) is 0 Å². The molecule has 1 saturated heterocycles. The second kappa shape index (κ2) is 5.06. The maximum Gasteiger partial charge on any atom is 0.416 e. The van der Waals surface area contributed by atoms with Gasteiger partial charge in [0.2, 0.25) is 0 Å². The van der Waals surface area contributed by atoms with Crippen molar-refractivity contribution in [3.63, 3.8) is 0 Å². The van der Waals surface area contributed by atoms with Crippen LogP contribution >= 0.6 is 12.4 Å². The average molecular weight is 252 g/mol. The first-order chi connectivity index (χ1) is 7.07. The smallest absolute Gasteiger partial charge is 0.316 e. The summed E-state index contributed by atoms with van der Waals surface area (Å²) >= 11 is 0. The molecule has 1 atom stereocenters. The molecule has 90 valence electrons. The maximum atomic E-state index is 12.4. The fourth-order valence-corrected chi connectivity index (χ4v) is 1.91. The molecule has 1 aromatic carbocycles. The van der Waals surface area contributed by atoms with E-state index in [4.69, 9.17) is 0 Å². The standard InChI is InChI=1S/C11H12F3N.ClH/c12-11(13,14)10-3-1-2-8(6-10)9-4-5-15-7-9;/h1-3,6,9,15H,4-5,7H2;1H. The highest BCUT2D eigenvalue weighted by Crippen LogP contribution is 2.32. The first-order valence-electron chi connectivity index (χ1n) is 4.95. The number of hydrogen-bond donors (Lipinski definition) is 1. The lowest BCUT2D eigenvalue weighted by molar-refractivity contribution is -0.137. The molecule has 0 amide bonds. The Bertz CT molecular complexity index is 345. The Kier molecular flexibility index (Phi) is 4.21. The van der Waals surface area contributed by atoms with E-state index >= 15 is 0 Å². The van der Waals surface area contributed by atoms with E-state index in [2.05, 4.69) is 5.32 Å². The van der Waals surface area contributed by atoms with Gasteiger partial charge in [0, 0.05) is 6.54 Å². The quantitative estimate of drug-likeness (QED) is 0.808. The molecule has 2 rings (SSSR count). The molecule has 0 aromatic heterocycles. The van der Waals surface area contributed by atoms with E-state index in [-0.39, 0.29) is 18.3 Å². The molecule has 5 heteroatoms. The molecule has 1 fully saturated rings. The van der Waals surface area contributed by atoms with Gasteiger partial charge in [-0.15, -0.1) is 12.4 Å². The third-order valence-electron chi connectivity index (χ3n) is 2.75. The number of hydrogen-bond acceptors (Lipinski definition) is 1. The second-order valence-electron chi connectivity index (χ2n) is 3.81. The van der Waals surface area contributed by atoms with Crippen molar-refractivity contribution >= 4 is 12.4 Å². The van der Waals surface area contributed by atoms with Gasteiger partial charge < -0.3 is 5.32 Å². The fraction of sp³-hybridized carbons (Fsp3) is 0.455. The van der Waals surface area contributed by atoms with Crippen LogP contribution in [0.15, 0.2) is 24.3 Å². The van der Waals surface area contributed by atoms with Crippen molar-refractivity contribution in [2.24, 2.45) is 0 Å². The fourth-order valence-electron chi connectivity index (χ4n) is 1.91. The molecule has 1 unspecified atom stereocenters. The lowest BCUT2D eigenvalue weighted by atomic mass is 9.96. The Hall–Kier alpha value is -0.740. The predicted molar refractivity (Wildman–Crippen MR) is 58.9 cm³/mol. The van der Waals surface area contributed by atoms with Gasteiger partial charge in [-0.25, -0.2) is 0 Å². The molecular formula is C11H13ClF3N. The second-order valence-corrected chi connectivity index (χ2v) is 3.81. The first kappa shape index (κ1) is 13.3. The van der Waals surface area contributed by atoms with E-state index in [0.717, 1.165) is 31.1 Å². The van der Waals surface area contributed by atoms with Gasteiger partial charge in [-0.1, -0.05) is 18.2 Å². The Morgan fingerprint density at radius 3 is 2.56 bits per heavy atom. The van der Waals surface area contributed by atoms with Gasteiger partial charge in [0.05, 0.1) is 5.56 Å². The first-order valence-corrected chi connectivity index (χ1v) is 4.95. The molecule has 1 aliphatic rings. The highest BCUT2D eigenvalue weighted by Gasteiger charge is 2.31. The summed E-state index contributed by atoms with van der Waals surface area (Å²) in [7, 11) is 0. The summed E-state index contributed by atoms with van der Waals surface area (Å²) in [6.45, 7) is 1.67. The topological polar surface area (TPSA) is 12.0 Å². The minimum Gasteiger partial charge on any atom is -0.316 e. The molecule has 0 radical (unpaired) electrons. The van der Waals surface area contributed by atoms with Crippen LogP contribution in [0.3, 0.4) is 0 Å². The van der Waals surface area contributed by atoms with Crippen molar-refractivity contribution in [3.05, 3.63) is 35.4 Å². The zero-order valence-corrected chi connectivity index (χ0v) is 9.37. The van der Waals surface area contributed by atoms with E-state index in [1.807, 2.05) is 0 Å². The summed E-state index contributed by atoms with van der Waals surface area (Å²) in [5.74, 6) is 0.229. The Morgan fingerprint density at radius 1 is 1.25 bits per heavy atom. The van der Waals surface area contributed by atoms with Crippen molar-refractivity contribution in [2.75, 3.05) is 13.1 Å². The van der Waals surface area contributed by atoms with Gasteiger partial charge in [0.25, 0.3) is 0 Å². The Labute approximate surface area is 98.4 Å². The van der Waals surface area contributed by atoms with Crippen LogP contribution in [0.5, 0.6) is 0 Å². The summed E-state index contributed by atoms with van der Waals surface area (Å²) in [4.78, 5) is 0. The highest BCUT2D eigenvalue weighted by molar-refractivity contribution is 5.85. The van der Waals surface area contributed by atoms with Crippen LogP contribution in [-0.2, 0) is 6.18 Å². The molecule has 16 heavy (non-hydrogen) atoms. The zero-order chi connectivity index (χ0) is 10.9. The van der Waals surface area contributed by atoms with Crippen molar-refractivity contribution in [1.82, 2.24) is 5.32 Å². The minimum absolute atomic E-state index is 0. The monoisotopic (exact) mass is 251 g/mol. The average Bonchev–Trinajstić information content (AvgIpc) is 2.69. The molecule has 1 aromatic rings. The molecule has 1 N–H and O–H groups in total. The molecular weight excluding hydrogens is 239 g/mol. The molecule has 0 spiro atoms. The number of nitrogens with one attached hydrogen (secondary N) is 1. The van der Waals surface area contributed by atoms with E-state index < -0.39 is 11.7 Å². The van der Waals surface area contributed by atoms with E-state index in [1.54, 1.807) is 6.07 Å². The summed E-state index contributed by atoms with van der Waals surface area (Å²) in [6, 6.07) is 5.63. The van der Waals surface area contributed by atoms with Gasteiger partial charge in [-0.05, 0) is 30.5 Å². The van der Waals surface area contributed by atoms with Crippen molar-refractivity contribution in [1.29, 1.82) is 0 Å². The largest absolute Gasteiger partial charge is 0.416 e. The van der Waals surface area contributed by atoms with Crippen molar-refractivity contribution in [2.45, 2.75) is 18.5 Å². The number of benzene rings is 1. The molecule has 1 nitrogen and oxygen atoms in total. The maximum absolute atomic E-state index is 12.4. The lowest BCUT2D eigenvalue weighted by Gasteiger charge is -2.12. The van der Waals surface area contributed by atoms with Crippen LogP contribution in [0.2, 0.25) is 0 Å². The third-order valence-corrected chi connectivity index (χ3v) is 2.75. The molecule has 0 bridgehead atoms. The van der Waals surface area contributed by atoms with Crippen LogP contribution in [0.4, 0.5) is 13.2 Å². The number of rotatable bonds is 1. The summed E-state index contributed by atoms with van der Waals surface area (Å²) < 4.78 is 37.3. The number of halogens is 4. The van der Waals surface area contributed by atoms with E-state index in [0.29, 0.717) is 0 Å². The summed E-state index contributed by atoms with van der Waals surface area (Å²) in [5.41, 5.74) is 0.238. The van der Waals surface area contributed by atoms with Gasteiger partial charge in [-0.2, -0.15) is 13.2 Å². The minimum atomic E-state index is -4.23. The lowest BCUT2D eigenvalue weighted by Crippen LogP contribution is -2.09. The molecule has 0 aliphatic carbocycles. The van der Waals surface area contributed by atoms with Crippen LogP contribution < -0.4 is 5.32 Å². The van der Waals surface area contributed by atoms with Crippen LogP contribution in [0.25, 0.3) is 0 Å².